The Bertz CT molecular complexity index is 236. The van der Waals surface area contributed by atoms with Gasteiger partial charge in [0.2, 0.25) is 5.91 Å². The third kappa shape index (κ3) is 6.08. The Morgan fingerprint density at radius 3 is 2.42 bits per heavy atom. The van der Waals surface area contributed by atoms with Gasteiger partial charge >= 0.3 is 0 Å². The second-order valence-corrected chi connectivity index (χ2v) is 3.77. The maximum atomic E-state index is 10.9. The van der Waals surface area contributed by atoms with Crippen molar-refractivity contribution >= 4 is 16.1 Å². The number of hydrogen-bond acceptors (Lipinski definition) is 3. The average Bonchev–Trinajstić information content (AvgIpc) is 1.98. The predicted molar refractivity (Wildman–Crippen MR) is 44.4 cm³/mol. The van der Waals surface area contributed by atoms with E-state index in [0.717, 1.165) is 0 Å². The van der Waals surface area contributed by atoms with Crippen LogP contribution in [0.15, 0.2) is 0 Å². The third-order valence-electron chi connectivity index (χ3n) is 0.979. The molecule has 0 rings (SSSR count). The molecule has 0 saturated carbocycles. The number of amides is 1. The molecule has 0 saturated heterocycles. The number of carbonyl (C=O) groups excluding carboxylic acids is 1. The van der Waals surface area contributed by atoms with E-state index in [0.29, 0.717) is 13.0 Å². The number of nitrogens with two attached hydrogens (primary N) is 1. The van der Waals surface area contributed by atoms with E-state index < -0.39 is 16.1 Å². The van der Waals surface area contributed by atoms with Gasteiger partial charge in [0, 0.05) is 6.54 Å². The van der Waals surface area contributed by atoms with Crippen LogP contribution in [0.2, 0.25) is 0 Å². The minimum atomic E-state index is -3.54. The van der Waals surface area contributed by atoms with Crippen molar-refractivity contribution in [2.75, 3.05) is 13.1 Å². The molecule has 0 aromatic carbocycles. The fourth-order valence-electron chi connectivity index (χ4n) is 0.454. The molecule has 1 amide bonds. The first kappa shape index (κ1) is 11.3. The van der Waals surface area contributed by atoms with Crippen LogP contribution in [-0.2, 0) is 15.0 Å². The zero-order valence-corrected chi connectivity index (χ0v) is 7.65. The van der Waals surface area contributed by atoms with Gasteiger partial charge in [-0.15, -0.1) is 0 Å². The van der Waals surface area contributed by atoms with E-state index in [1.807, 2.05) is 11.6 Å². The molecule has 0 aromatic heterocycles. The second-order valence-electron chi connectivity index (χ2n) is 2.19. The van der Waals surface area contributed by atoms with Gasteiger partial charge in [-0.1, -0.05) is 6.92 Å². The highest BCUT2D eigenvalue weighted by Gasteiger charge is 2.07. The largest absolute Gasteiger partial charge is 0.369 e. The molecule has 4 N–H and O–H groups in total. The van der Waals surface area contributed by atoms with Crippen LogP contribution in [0.3, 0.4) is 0 Å². The van der Waals surface area contributed by atoms with Gasteiger partial charge in [-0.3, -0.25) is 4.79 Å². The molecule has 72 valence electrons. The Morgan fingerprint density at radius 1 is 1.42 bits per heavy atom. The molecule has 0 spiro atoms. The molecule has 0 bridgehead atoms. The lowest BCUT2D eigenvalue weighted by atomic mass is 10.5. The highest BCUT2D eigenvalue weighted by Crippen LogP contribution is 1.77. The van der Waals surface area contributed by atoms with Crippen LogP contribution in [0.5, 0.6) is 0 Å². The van der Waals surface area contributed by atoms with Gasteiger partial charge in [-0.05, 0) is 6.42 Å². The molecule has 0 fully saturated rings. The summed E-state index contributed by atoms with van der Waals surface area (Å²) in [6.45, 7) is 1.80. The average molecular weight is 195 g/mol. The minimum absolute atomic E-state index is 0.341. The smallest absolute Gasteiger partial charge is 0.277 e. The number of nitrogens with one attached hydrogen (secondary N) is 2. The van der Waals surface area contributed by atoms with Crippen LogP contribution in [0.4, 0.5) is 0 Å². The zero-order chi connectivity index (χ0) is 9.61. The standard InChI is InChI=1S/C5H13N3O3S/c1-2-3-7-12(10,11)8-4-5(6)9/h7-8H,2-4H2,1H3,(H2,6,9). The van der Waals surface area contributed by atoms with Crippen LogP contribution in [-0.4, -0.2) is 27.4 Å². The van der Waals surface area contributed by atoms with Crippen LogP contribution in [0.1, 0.15) is 13.3 Å². The summed E-state index contributed by atoms with van der Waals surface area (Å²) < 4.78 is 25.9. The Morgan fingerprint density at radius 2 is 2.00 bits per heavy atom. The van der Waals surface area contributed by atoms with Crippen LogP contribution in [0, 0.1) is 0 Å². The summed E-state index contributed by atoms with van der Waals surface area (Å²) in [6, 6.07) is 0. The molecule has 0 atom stereocenters. The van der Waals surface area contributed by atoms with E-state index in [1.165, 1.54) is 0 Å². The van der Waals surface area contributed by atoms with Crippen molar-refractivity contribution in [2.45, 2.75) is 13.3 Å². The topological polar surface area (TPSA) is 101 Å². The first-order valence-electron chi connectivity index (χ1n) is 3.50. The van der Waals surface area contributed by atoms with E-state index >= 15 is 0 Å². The lowest BCUT2D eigenvalue weighted by molar-refractivity contribution is -0.116. The zero-order valence-electron chi connectivity index (χ0n) is 6.83. The van der Waals surface area contributed by atoms with E-state index in [4.69, 9.17) is 5.73 Å². The summed E-state index contributed by atoms with van der Waals surface area (Å²) in [5.74, 6) is -0.711. The first-order valence-corrected chi connectivity index (χ1v) is 4.99. The molecule has 12 heavy (non-hydrogen) atoms. The van der Waals surface area contributed by atoms with Crippen LogP contribution >= 0.6 is 0 Å². The van der Waals surface area contributed by atoms with Gasteiger partial charge in [0.25, 0.3) is 10.2 Å². The first-order chi connectivity index (χ1) is 5.48. The van der Waals surface area contributed by atoms with Crippen molar-refractivity contribution in [2.24, 2.45) is 5.73 Å². The number of carbonyl (C=O) groups is 1. The highest BCUT2D eigenvalue weighted by molar-refractivity contribution is 7.87. The maximum Gasteiger partial charge on any atom is 0.277 e. The molecular formula is C5H13N3O3S. The summed E-state index contributed by atoms with van der Waals surface area (Å²) >= 11 is 0. The highest BCUT2D eigenvalue weighted by atomic mass is 32.2. The SMILES string of the molecule is CCCNS(=O)(=O)NCC(N)=O. The van der Waals surface area contributed by atoms with Gasteiger partial charge < -0.3 is 5.73 Å². The molecule has 0 aliphatic carbocycles. The molecule has 6 nitrogen and oxygen atoms in total. The van der Waals surface area contributed by atoms with Gasteiger partial charge in [-0.25, -0.2) is 4.72 Å². The monoisotopic (exact) mass is 195 g/mol. The second kappa shape index (κ2) is 5.07. The molecule has 0 aliphatic rings. The van der Waals surface area contributed by atoms with Gasteiger partial charge in [0.15, 0.2) is 0 Å². The molecule has 0 aliphatic heterocycles. The Labute approximate surface area is 71.7 Å². The van der Waals surface area contributed by atoms with Crippen molar-refractivity contribution < 1.29 is 13.2 Å². The Kier molecular flexibility index (Phi) is 4.79. The van der Waals surface area contributed by atoms with E-state index in [9.17, 15) is 13.2 Å². The lowest BCUT2D eigenvalue weighted by Crippen LogP contribution is -2.41. The quantitative estimate of drug-likeness (QED) is 0.471. The van der Waals surface area contributed by atoms with Gasteiger partial charge in [-0.2, -0.15) is 13.1 Å². The van der Waals surface area contributed by atoms with Crippen molar-refractivity contribution in [3.05, 3.63) is 0 Å². The minimum Gasteiger partial charge on any atom is -0.369 e. The maximum absolute atomic E-state index is 10.9. The van der Waals surface area contributed by atoms with Crippen molar-refractivity contribution in [1.82, 2.24) is 9.44 Å². The van der Waals surface area contributed by atoms with Gasteiger partial charge in [0.1, 0.15) is 0 Å². The van der Waals surface area contributed by atoms with Crippen LogP contribution in [0.25, 0.3) is 0 Å². The fourth-order valence-corrected chi connectivity index (χ4v) is 1.36. The number of primary amides is 1. The summed E-state index contributed by atoms with van der Waals surface area (Å²) in [5.41, 5.74) is 4.73. The summed E-state index contributed by atoms with van der Waals surface area (Å²) in [7, 11) is -3.54. The number of hydrogen-bond donors (Lipinski definition) is 3. The predicted octanol–water partition coefficient (Wildman–Crippen LogP) is -1.69. The normalized spacial score (nSPS) is 11.4. The fraction of sp³-hybridized carbons (Fsp3) is 0.800. The van der Waals surface area contributed by atoms with E-state index in [2.05, 4.69) is 4.72 Å². The Balaban J connectivity index is 3.80. The molecule has 0 aromatic rings. The van der Waals surface area contributed by atoms with E-state index in [1.54, 1.807) is 0 Å². The Hall–Kier alpha value is -0.660. The molecule has 7 heteroatoms. The summed E-state index contributed by atoms with van der Waals surface area (Å²) in [5, 5.41) is 0. The molecule has 0 radical (unpaired) electrons. The van der Waals surface area contributed by atoms with Crippen molar-refractivity contribution in [3.63, 3.8) is 0 Å². The number of rotatable bonds is 6. The molecule has 0 unspecified atom stereocenters. The van der Waals surface area contributed by atoms with Gasteiger partial charge in [0.05, 0.1) is 6.54 Å². The van der Waals surface area contributed by atoms with E-state index in [-0.39, 0.29) is 6.54 Å². The third-order valence-corrected chi connectivity index (χ3v) is 2.09. The lowest BCUT2D eigenvalue weighted by Gasteiger charge is -2.04. The van der Waals surface area contributed by atoms with Crippen LogP contribution < -0.4 is 15.2 Å². The van der Waals surface area contributed by atoms with Crippen molar-refractivity contribution in [1.29, 1.82) is 0 Å². The molecule has 0 heterocycles. The summed E-state index contributed by atoms with van der Waals surface area (Å²) in [6.07, 6.45) is 0.692. The van der Waals surface area contributed by atoms with Crippen molar-refractivity contribution in [3.8, 4) is 0 Å². The molecular weight excluding hydrogens is 182 g/mol. The summed E-state index contributed by atoms with van der Waals surface area (Å²) in [4.78, 5) is 10.2.